The Morgan fingerprint density at radius 1 is 1.10 bits per heavy atom. The molecule has 0 aliphatic carbocycles. The predicted molar refractivity (Wildman–Crippen MR) is 108 cm³/mol. The van der Waals surface area contributed by atoms with Gasteiger partial charge in [-0.15, -0.1) is 0 Å². The summed E-state index contributed by atoms with van der Waals surface area (Å²) in [6.07, 6.45) is -0.102. The van der Waals surface area contributed by atoms with E-state index in [0.29, 0.717) is 17.0 Å². The van der Waals surface area contributed by atoms with Crippen LogP contribution >= 0.6 is 0 Å². The van der Waals surface area contributed by atoms with E-state index >= 15 is 0 Å². The van der Waals surface area contributed by atoms with Crippen LogP contribution in [0.5, 0.6) is 5.75 Å². The third-order valence-corrected chi connectivity index (χ3v) is 4.58. The molecule has 158 valence electrons. The number of nitrogen functional groups attached to an aromatic ring is 1. The summed E-state index contributed by atoms with van der Waals surface area (Å²) in [5.74, 6) is -0.475. The molecule has 3 heterocycles. The van der Waals surface area contributed by atoms with Gasteiger partial charge in [-0.3, -0.25) is 4.79 Å². The number of nitrogens with one attached hydrogen (secondary N) is 1. The van der Waals surface area contributed by atoms with Crippen molar-refractivity contribution in [2.45, 2.75) is 12.6 Å². The number of rotatable bonds is 4. The molecule has 0 aliphatic rings. The molecular weight excluding hydrogens is 411 g/mol. The zero-order valence-electron chi connectivity index (χ0n) is 15.9. The minimum absolute atomic E-state index is 0.0940. The van der Waals surface area contributed by atoms with E-state index in [2.05, 4.69) is 15.3 Å². The Morgan fingerprint density at radius 2 is 1.84 bits per heavy atom. The number of anilines is 2. The maximum Gasteiger partial charge on any atom is 0.419 e. The Balaban J connectivity index is 1.56. The number of imidazole rings is 1. The van der Waals surface area contributed by atoms with Crippen molar-refractivity contribution < 1.29 is 23.1 Å². The number of phenols is 1. The van der Waals surface area contributed by atoms with Crippen LogP contribution in [-0.4, -0.2) is 25.4 Å². The van der Waals surface area contributed by atoms with E-state index in [-0.39, 0.29) is 23.6 Å². The molecule has 0 bridgehead atoms. The van der Waals surface area contributed by atoms with Crippen LogP contribution in [0.15, 0.2) is 61.1 Å². The highest BCUT2D eigenvalue weighted by Gasteiger charge is 2.34. The number of amides is 1. The molecule has 4 N–H and O–H groups in total. The van der Waals surface area contributed by atoms with Crippen LogP contribution in [0.2, 0.25) is 0 Å². The summed E-state index contributed by atoms with van der Waals surface area (Å²) in [5, 5.41) is 12.0. The predicted octanol–water partition coefficient (Wildman–Crippen LogP) is 3.88. The summed E-state index contributed by atoms with van der Waals surface area (Å²) in [4.78, 5) is 20.2. The van der Waals surface area contributed by atoms with E-state index in [1.54, 1.807) is 41.1 Å². The molecular formula is C21H16F3N5O2. The van der Waals surface area contributed by atoms with Gasteiger partial charge in [0.05, 0.1) is 18.2 Å². The van der Waals surface area contributed by atoms with Crippen molar-refractivity contribution in [2.75, 3.05) is 11.1 Å². The monoisotopic (exact) mass is 427 g/mol. The number of pyridine rings is 2. The van der Waals surface area contributed by atoms with Crippen LogP contribution < -0.4 is 11.1 Å². The summed E-state index contributed by atoms with van der Waals surface area (Å²) in [5.41, 5.74) is 6.30. The molecule has 0 saturated heterocycles. The van der Waals surface area contributed by atoms with Gasteiger partial charge >= 0.3 is 6.18 Å². The van der Waals surface area contributed by atoms with E-state index in [1.165, 1.54) is 18.3 Å². The molecule has 0 aliphatic heterocycles. The lowest BCUT2D eigenvalue weighted by atomic mass is 10.1. The number of carbonyl (C=O) groups is 1. The second kappa shape index (κ2) is 7.63. The van der Waals surface area contributed by atoms with Crippen molar-refractivity contribution in [3.8, 4) is 16.9 Å². The molecule has 10 heteroatoms. The van der Waals surface area contributed by atoms with Gasteiger partial charge in [-0.1, -0.05) is 12.1 Å². The van der Waals surface area contributed by atoms with Gasteiger partial charge in [0.1, 0.15) is 17.2 Å². The number of hydrogen-bond acceptors (Lipinski definition) is 5. The van der Waals surface area contributed by atoms with Gasteiger partial charge in [0.2, 0.25) is 5.91 Å². The molecule has 0 spiro atoms. The summed E-state index contributed by atoms with van der Waals surface area (Å²) in [6.45, 7) is 0. The first-order valence-corrected chi connectivity index (χ1v) is 9.08. The quantitative estimate of drug-likeness (QED) is 0.458. The van der Waals surface area contributed by atoms with Crippen molar-refractivity contribution in [1.82, 2.24) is 14.4 Å². The largest absolute Gasteiger partial charge is 0.508 e. The number of hydrogen-bond donors (Lipinski definition) is 3. The number of carbonyl (C=O) groups excluding carboxylic acids is 1. The molecule has 0 atom stereocenters. The van der Waals surface area contributed by atoms with Crippen molar-refractivity contribution in [2.24, 2.45) is 0 Å². The van der Waals surface area contributed by atoms with E-state index in [0.717, 1.165) is 11.6 Å². The molecule has 7 nitrogen and oxygen atoms in total. The van der Waals surface area contributed by atoms with Crippen molar-refractivity contribution in [1.29, 1.82) is 0 Å². The minimum Gasteiger partial charge on any atom is -0.508 e. The summed E-state index contributed by atoms with van der Waals surface area (Å²) < 4.78 is 40.9. The second-order valence-corrected chi connectivity index (χ2v) is 6.86. The van der Waals surface area contributed by atoms with Crippen molar-refractivity contribution in [3.63, 3.8) is 0 Å². The average molecular weight is 427 g/mol. The van der Waals surface area contributed by atoms with Crippen LogP contribution in [0.3, 0.4) is 0 Å². The van der Waals surface area contributed by atoms with Crippen molar-refractivity contribution >= 4 is 23.2 Å². The first-order valence-electron chi connectivity index (χ1n) is 9.08. The highest BCUT2D eigenvalue weighted by atomic mass is 19.4. The van der Waals surface area contributed by atoms with Crippen LogP contribution in [0, 0.1) is 0 Å². The number of aromatic nitrogens is 3. The molecule has 1 amide bonds. The van der Waals surface area contributed by atoms with Crippen molar-refractivity contribution in [3.05, 3.63) is 72.2 Å². The van der Waals surface area contributed by atoms with Crippen LogP contribution in [0.4, 0.5) is 24.8 Å². The lowest BCUT2D eigenvalue weighted by Crippen LogP contribution is -2.14. The number of benzene rings is 1. The molecule has 0 saturated carbocycles. The van der Waals surface area contributed by atoms with Crippen LogP contribution in [0.1, 0.15) is 11.1 Å². The Labute approximate surface area is 174 Å². The van der Waals surface area contributed by atoms with Gasteiger partial charge in [0.15, 0.2) is 5.82 Å². The molecule has 31 heavy (non-hydrogen) atoms. The first-order chi connectivity index (χ1) is 14.7. The highest BCUT2D eigenvalue weighted by molar-refractivity contribution is 5.91. The van der Waals surface area contributed by atoms with E-state index in [4.69, 9.17) is 5.73 Å². The summed E-state index contributed by atoms with van der Waals surface area (Å²) in [6, 6.07) is 10.4. The molecule has 0 fully saturated rings. The third kappa shape index (κ3) is 4.42. The number of aromatic hydroxyl groups is 1. The van der Waals surface area contributed by atoms with Gasteiger partial charge in [-0.2, -0.15) is 13.2 Å². The van der Waals surface area contributed by atoms with Crippen LogP contribution in [0.25, 0.3) is 16.8 Å². The fraction of sp³-hybridized carbons (Fsp3) is 0.0952. The zero-order valence-corrected chi connectivity index (χ0v) is 15.9. The molecule has 0 radical (unpaired) electrons. The standard InChI is InChI=1S/C21H16F3N5O2/c22-21(23,24)16-8-14(9-26-20(16)25)13-3-6-18-27-17(11-29(18)10-13)28-19(31)7-12-1-4-15(30)5-2-12/h1-6,8-11,30H,7H2,(H2,25,26)(H,28,31). The average Bonchev–Trinajstić information content (AvgIpc) is 3.10. The number of alkyl halides is 3. The van der Waals surface area contributed by atoms with Gasteiger partial charge in [0, 0.05) is 23.5 Å². The second-order valence-electron chi connectivity index (χ2n) is 6.86. The van der Waals surface area contributed by atoms with Gasteiger partial charge in [-0.05, 0) is 35.9 Å². The molecule has 4 aromatic rings. The lowest BCUT2D eigenvalue weighted by molar-refractivity contribution is -0.137. The summed E-state index contributed by atoms with van der Waals surface area (Å²) in [7, 11) is 0. The number of fused-ring (bicyclic) bond motifs is 1. The number of halogens is 3. The zero-order chi connectivity index (χ0) is 22.2. The van der Waals surface area contributed by atoms with Gasteiger partial charge in [0.25, 0.3) is 0 Å². The maximum absolute atomic E-state index is 13.1. The molecule has 3 aromatic heterocycles. The maximum atomic E-state index is 13.1. The lowest BCUT2D eigenvalue weighted by Gasteiger charge is -2.11. The fourth-order valence-electron chi connectivity index (χ4n) is 3.07. The molecule has 0 unspecified atom stereocenters. The molecule has 4 rings (SSSR count). The Hall–Kier alpha value is -4.08. The number of nitrogens with two attached hydrogens (primary N) is 1. The summed E-state index contributed by atoms with van der Waals surface area (Å²) >= 11 is 0. The Bertz CT molecular complexity index is 1270. The smallest absolute Gasteiger partial charge is 0.419 e. The normalized spacial score (nSPS) is 11.6. The topological polar surface area (TPSA) is 106 Å². The molecule has 1 aromatic carbocycles. The minimum atomic E-state index is -4.61. The van der Waals surface area contributed by atoms with Gasteiger partial charge in [-0.25, -0.2) is 9.97 Å². The number of phenolic OH excluding ortho intramolecular Hbond substituents is 1. The Kier molecular flexibility index (Phi) is 4.97. The number of nitrogens with zero attached hydrogens (tertiary/aromatic N) is 3. The van der Waals surface area contributed by atoms with Gasteiger partial charge < -0.3 is 20.6 Å². The van der Waals surface area contributed by atoms with E-state index < -0.39 is 17.6 Å². The van der Waals surface area contributed by atoms with Crippen LogP contribution in [-0.2, 0) is 17.4 Å². The highest BCUT2D eigenvalue weighted by Crippen LogP contribution is 2.35. The third-order valence-electron chi connectivity index (χ3n) is 4.58. The van der Waals surface area contributed by atoms with E-state index in [1.807, 2.05) is 0 Å². The Morgan fingerprint density at radius 3 is 2.55 bits per heavy atom. The first kappa shape index (κ1) is 20.2. The SMILES string of the molecule is Nc1ncc(-c2ccc3nc(NC(=O)Cc4ccc(O)cc4)cn3c2)cc1C(F)(F)F. The fourth-order valence-corrected chi connectivity index (χ4v) is 3.07. The van der Waals surface area contributed by atoms with E-state index in [9.17, 15) is 23.1 Å².